The highest BCUT2D eigenvalue weighted by molar-refractivity contribution is 8.06. The number of rotatable bonds is 1. The number of sulfone groups is 1. The first-order valence-electron chi connectivity index (χ1n) is 3.77. The van der Waals surface area contributed by atoms with Gasteiger partial charge in [-0.25, -0.2) is 8.42 Å². The summed E-state index contributed by atoms with van der Waals surface area (Å²) < 4.78 is 22.7. The van der Waals surface area contributed by atoms with Crippen molar-refractivity contribution >= 4 is 15.0 Å². The van der Waals surface area contributed by atoms with Crippen LogP contribution >= 0.6 is 0 Å². The van der Waals surface area contributed by atoms with Crippen LogP contribution in [0, 0.1) is 6.92 Å². The molecule has 0 aliphatic rings. The Morgan fingerprint density at radius 3 is 2.38 bits per heavy atom. The molecule has 0 heterocycles. The van der Waals surface area contributed by atoms with E-state index < -0.39 is 15.0 Å². The van der Waals surface area contributed by atoms with Gasteiger partial charge in [-0.05, 0) is 24.6 Å². The molecule has 0 radical (unpaired) electrons. The Bertz CT molecular complexity index is 432. The fourth-order valence-electron chi connectivity index (χ4n) is 0.948. The molecule has 1 aromatic carbocycles. The first-order chi connectivity index (χ1) is 5.94. The maximum Gasteiger partial charge on any atom is 0.248 e. The van der Waals surface area contributed by atoms with Crippen molar-refractivity contribution in [2.45, 2.75) is 18.7 Å². The first-order valence-corrected chi connectivity index (χ1v) is 5.25. The molecule has 0 saturated carbocycles. The highest BCUT2D eigenvalue weighted by Crippen LogP contribution is 2.12. The molecule has 0 aliphatic carbocycles. The van der Waals surface area contributed by atoms with Crippen molar-refractivity contribution in [3.05, 3.63) is 29.8 Å². The Kier molecular flexibility index (Phi) is 2.52. The maximum atomic E-state index is 11.3. The average molecular weight is 198 g/mol. The largest absolute Gasteiger partial charge is 0.282 e. The van der Waals surface area contributed by atoms with Crippen LogP contribution in [0.5, 0.6) is 0 Å². The van der Waals surface area contributed by atoms with Gasteiger partial charge in [0.2, 0.25) is 15.0 Å². The van der Waals surface area contributed by atoms with Gasteiger partial charge in [0.15, 0.2) is 0 Å². The van der Waals surface area contributed by atoms with Crippen molar-refractivity contribution in [2.24, 2.45) is 0 Å². The van der Waals surface area contributed by atoms with Crippen molar-refractivity contribution in [3.8, 4) is 0 Å². The molecule has 3 nitrogen and oxygen atoms in total. The van der Waals surface area contributed by atoms with Crippen LogP contribution in [0.4, 0.5) is 0 Å². The van der Waals surface area contributed by atoms with E-state index in [2.05, 4.69) is 0 Å². The van der Waals surface area contributed by atoms with Gasteiger partial charge in [-0.3, -0.25) is 4.79 Å². The molecule has 70 valence electrons. The van der Waals surface area contributed by atoms with Crippen LogP contribution in [0.1, 0.15) is 12.5 Å². The van der Waals surface area contributed by atoms with Crippen molar-refractivity contribution < 1.29 is 13.2 Å². The van der Waals surface area contributed by atoms with E-state index in [4.69, 9.17) is 0 Å². The number of hydrogen-bond acceptors (Lipinski definition) is 3. The molecular weight excluding hydrogens is 188 g/mol. The number of aryl methyl sites for hydroxylation is 1. The molecule has 0 bridgehead atoms. The van der Waals surface area contributed by atoms with Gasteiger partial charge in [0.1, 0.15) is 0 Å². The molecule has 0 amide bonds. The zero-order valence-corrected chi connectivity index (χ0v) is 8.26. The van der Waals surface area contributed by atoms with Crippen LogP contribution in [-0.4, -0.2) is 13.5 Å². The minimum atomic E-state index is -3.74. The second-order valence-corrected chi connectivity index (χ2v) is 4.86. The third kappa shape index (κ3) is 1.95. The highest BCUT2D eigenvalue weighted by Gasteiger charge is 2.19. The Morgan fingerprint density at radius 1 is 1.31 bits per heavy atom. The summed E-state index contributed by atoms with van der Waals surface area (Å²) in [7, 11) is -3.74. The molecule has 1 aromatic rings. The number of benzene rings is 1. The second kappa shape index (κ2) is 3.30. The zero-order chi connectivity index (χ0) is 10.1. The number of hydrogen-bond donors (Lipinski definition) is 0. The van der Waals surface area contributed by atoms with Gasteiger partial charge in [0.05, 0.1) is 4.90 Å². The molecule has 0 saturated heterocycles. The minimum absolute atomic E-state index is 0.0694. The van der Waals surface area contributed by atoms with E-state index >= 15 is 0 Å². The van der Waals surface area contributed by atoms with E-state index in [0.29, 0.717) is 0 Å². The molecule has 0 unspecified atom stereocenters. The normalized spacial score (nSPS) is 11.2. The topological polar surface area (TPSA) is 51.2 Å². The van der Waals surface area contributed by atoms with Gasteiger partial charge < -0.3 is 0 Å². The zero-order valence-electron chi connectivity index (χ0n) is 7.44. The summed E-state index contributed by atoms with van der Waals surface area (Å²) in [5.74, 6) is 0. The fourth-order valence-corrected chi connectivity index (χ4v) is 1.88. The van der Waals surface area contributed by atoms with Crippen LogP contribution < -0.4 is 0 Å². The molecule has 0 aromatic heterocycles. The lowest BCUT2D eigenvalue weighted by molar-refractivity contribution is -0.109. The SMILES string of the molecule is CC(=O)S(=O)(=O)c1cccc(C)c1. The quantitative estimate of drug-likeness (QED) is 0.683. The molecule has 0 atom stereocenters. The predicted octanol–water partition coefficient (Wildman–Crippen LogP) is 1.32. The van der Waals surface area contributed by atoms with Gasteiger partial charge in [-0.1, -0.05) is 12.1 Å². The standard InChI is InChI=1S/C9H10O3S/c1-7-4-3-5-9(6-7)13(11,12)8(2)10/h3-6H,1-2H3. The number of carbonyl (C=O) groups excluding carboxylic acids is 1. The van der Waals surface area contributed by atoms with Gasteiger partial charge in [-0.2, -0.15) is 0 Å². The van der Waals surface area contributed by atoms with E-state index in [-0.39, 0.29) is 4.90 Å². The summed E-state index contributed by atoms with van der Waals surface area (Å²) in [5.41, 5.74) is 0.822. The second-order valence-electron chi connectivity index (χ2n) is 2.81. The molecule has 13 heavy (non-hydrogen) atoms. The van der Waals surface area contributed by atoms with E-state index in [1.165, 1.54) is 12.1 Å². The summed E-state index contributed by atoms with van der Waals surface area (Å²) in [6.45, 7) is 2.83. The molecule has 1 rings (SSSR count). The smallest absolute Gasteiger partial charge is 0.248 e. The lowest BCUT2D eigenvalue weighted by atomic mass is 10.2. The third-order valence-corrected chi connectivity index (χ3v) is 3.31. The highest BCUT2D eigenvalue weighted by atomic mass is 32.2. The van der Waals surface area contributed by atoms with E-state index in [1.54, 1.807) is 19.1 Å². The predicted molar refractivity (Wildman–Crippen MR) is 49.0 cm³/mol. The Labute approximate surface area is 77.3 Å². The summed E-state index contributed by atoms with van der Waals surface area (Å²) >= 11 is 0. The average Bonchev–Trinajstić information content (AvgIpc) is 2.04. The van der Waals surface area contributed by atoms with Gasteiger partial charge in [0.25, 0.3) is 0 Å². The Hall–Kier alpha value is -1.16. The van der Waals surface area contributed by atoms with Gasteiger partial charge in [0, 0.05) is 6.92 Å². The fraction of sp³-hybridized carbons (Fsp3) is 0.222. The lowest BCUT2D eigenvalue weighted by Gasteiger charge is -2.00. The Balaban J connectivity index is 3.32. The van der Waals surface area contributed by atoms with Crippen LogP contribution in [0.15, 0.2) is 29.2 Å². The molecule has 0 N–H and O–H groups in total. The van der Waals surface area contributed by atoms with Gasteiger partial charge in [-0.15, -0.1) is 0 Å². The molecular formula is C9H10O3S. The summed E-state index contributed by atoms with van der Waals surface area (Å²) in [4.78, 5) is 10.9. The molecule has 0 aliphatic heterocycles. The van der Waals surface area contributed by atoms with Crippen LogP contribution in [-0.2, 0) is 14.6 Å². The van der Waals surface area contributed by atoms with E-state index in [0.717, 1.165) is 12.5 Å². The van der Waals surface area contributed by atoms with Crippen LogP contribution in [0.25, 0.3) is 0 Å². The Morgan fingerprint density at radius 2 is 1.92 bits per heavy atom. The molecule has 0 fully saturated rings. The molecule has 0 spiro atoms. The summed E-state index contributed by atoms with van der Waals surface area (Å²) in [6, 6.07) is 6.30. The molecule has 4 heteroatoms. The first kappa shape index (κ1) is 9.92. The third-order valence-electron chi connectivity index (χ3n) is 1.68. The van der Waals surface area contributed by atoms with Crippen molar-refractivity contribution in [3.63, 3.8) is 0 Å². The van der Waals surface area contributed by atoms with Gasteiger partial charge >= 0.3 is 0 Å². The van der Waals surface area contributed by atoms with Crippen molar-refractivity contribution in [1.29, 1.82) is 0 Å². The van der Waals surface area contributed by atoms with Crippen LogP contribution in [0.2, 0.25) is 0 Å². The van der Waals surface area contributed by atoms with E-state index in [1.807, 2.05) is 0 Å². The minimum Gasteiger partial charge on any atom is -0.282 e. The van der Waals surface area contributed by atoms with E-state index in [9.17, 15) is 13.2 Å². The van der Waals surface area contributed by atoms with Crippen molar-refractivity contribution in [2.75, 3.05) is 0 Å². The van der Waals surface area contributed by atoms with Crippen molar-refractivity contribution in [1.82, 2.24) is 0 Å². The maximum absolute atomic E-state index is 11.3. The lowest BCUT2D eigenvalue weighted by Crippen LogP contribution is -2.10. The number of carbonyl (C=O) groups is 1. The van der Waals surface area contributed by atoms with Crippen LogP contribution in [0.3, 0.4) is 0 Å². The summed E-state index contributed by atoms with van der Waals surface area (Å²) in [6.07, 6.45) is 0. The summed E-state index contributed by atoms with van der Waals surface area (Å²) in [5, 5.41) is -0.821. The monoisotopic (exact) mass is 198 g/mol.